The molecule has 1 heterocycles. The van der Waals surface area contributed by atoms with Crippen molar-refractivity contribution in [2.45, 2.75) is 19.4 Å². The summed E-state index contributed by atoms with van der Waals surface area (Å²) in [6.07, 6.45) is 0.610. The first kappa shape index (κ1) is 13.5. The number of anilines is 1. The fourth-order valence-corrected chi connectivity index (χ4v) is 2.97. The van der Waals surface area contributed by atoms with Gasteiger partial charge in [-0.2, -0.15) is 0 Å². The van der Waals surface area contributed by atoms with E-state index < -0.39 is 0 Å². The van der Waals surface area contributed by atoms with Gasteiger partial charge in [-0.1, -0.05) is 6.92 Å². The summed E-state index contributed by atoms with van der Waals surface area (Å²) in [5.74, 6) is 0.317. The van der Waals surface area contributed by atoms with E-state index in [1.165, 1.54) is 6.07 Å². The number of nitrogens with zero attached hydrogens (tertiary/aromatic N) is 2. The fraction of sp³-hybridized carbons (Fsp3) is 0.500. The van der Waals surface area contributed by atoms with Gasteiger partial charge in [-0.05, 0) is 41.0 Å². The number of non-ortho nitro benzene ring substituents is 1. The molecule has 0 amide bonds. The molecule has 2 unspecified atom stereocenters. The van der Waals surface area contributed by atoms with Crippen LogP contribution in [0.3, 0.4) is 0 Å². The summed E-state index contributed by atoms with van der Waals surface area (Å²) in [5.41, 5.74) is 1.07. The van der Waals surface area contributed by atoms with Gasteiger partial charge in [0.1, 0.15) is 0 Å². The zero-order valence-electron chi connectivity index (χ0n) is 10.0. The summed E-state index contributed by atoms with van der Waals surface area (Å²) in [6.45, 7) is 3.52. The maximum absolute atomic E-state index is 10.7. The monoisotopic (exact) mass is 362 g/mol. The van der Waals surface area contributed by atoms with Crippen molar-refractivity contribution in [1.29, 1.82) is 0 Å². The van der Waals surface area contributed by atoms with E-state index in [1.54, 1.807) is 12.1 Å². The lowest BCUT2D eigenvalue weighted by Gasteiger charge is -2.36. The van der Waals surface area contributed by atoms with E-state index in [9.17, 15) is 15.2 Å². The average Bonchev–Trinajstić information content (AvgIpc) is 2.32. The molecule has 6 heteroatoms. The molecule has 98 valence electrons. The third kappa shape index (κ3) is 2.74. The fourth-order valence-electron chi connectivity index (χ4n) is 2.13. The third-order valence-electron chi connectivity index (χ3n) is 3.40. The Hall–Kier alpha value is -0.890. The van der Waals surface area contributed by atoms with Crippen LogP contribution in [0.15, 0.2) is 18.2 Å². The topological polar surface area (TPSA) is 66.6 Å². The molecule has 0 saturated carbocycles. The molecule has 1 aromatic carbocycles. The van der Waals surface area contributed by atoms with E-state index in [2.05, 4.69) is 27.5 Å². The number of β-amino-alcohol motifs (C(OH)–C–C–N with tert-alkyl or cyclic N) is 1. The summed E-state index contributed by atoms with van der Waals surface area (Å²) in [4.78, 5) is 12.4. The van der Waals surface area contributed by atoms with Crippen LogP contribution in [0.1, 0.15) is 13.3 Å². The standard InChI is InChI=1S/C12H15IN2O3/c1-8-4-5-14(7-12(8)16)11-3-2-9(15(17)18)6-10(11)13/h2-3,6,8,12,16H,4-5,7H2,1H3. The Bertz CT molecular complexity index is 467. The normalized spacial score (nSPS) is 24.1. The number of halogens is 1. The van der Waals surface area contributed by atoms with Gasteiger partial charge < -0.3 is 10.0 Å². The lowest BCUT2D eigenvalue weighted by molar-refractivity contribution is -0.384. The largest absolute Gasteiger partial charge is 0.391 e. The molecule has 5 nitrogen and oxygen atoms in total. The highest BCUT2D eigenvalue weighted by Crippen LogP contribution is 2.30. The lowest BCUT2D eigenvalue weighted by atomic mass is 9.96. The molecule has 0 radical (unpaired) electrons. The molecule has 1 aromatic rings. The number of aliphatic hydroxyl groups is 1. The van der Waals surface area contributed by atoms with Crippen LogP contribution in [-0.4, -0.2) is 29.2 Å². The molecule has 1 N–H and O–H groups in total. The SMILES string of the molecule is CC1CCN(c2ccc([N+](=O)[O-])cc2I)CC1O. The van der Waals surface area contributed by atoms with Crippen molar-refractivity contribution in [3.63, 3.8) is 0 Å². The van der Waals surface area contributed by atoms with Crippen molar-refractivity contribution in [3.8, 4) is 0 Å². The minimum absolute atomic E-state index is 0.106. The Morgan fingerprint density at radius 1 is 1.56 bits per heavy atom. The number of aliphatic hydroxyl groups excluding tert-OH is 1. The first-order valence-corrected chi connectivity index (χ1v) is 6.94. The van der Waals surface area contributed by atoms with Crippen molar-refractivity contribution in [1.82, 2.24) is 0 Å². The summed E-state index contributed by atoms with van der Waals surface area (Å²) < 4.78 is 0.851. The zero-order chi connectivity index (χ0) is 13.3. The number of hydrogen-bond acceptors (Lipinski definition) is 4. The van der Waals surface area contributed by atoms with Gasteiger partial charge >= 0.3 is 0 Å². The summed E-state index contributed by atoms with van der Waals surface area (Å²) in [5, 5.41) is 20.6. The van der Waals surface area contributed by atoms with Crippen LogP contribution in [-0.2, 0) is 0 Å². The molecule has 0 aliphatic carbocycles. The minimum Gasteiger partial charge on any atom is -0.391 e. The third-order valence-corrected chi connectivity index (χ3v) is 4.27. The predicted octanol–water partition coefficient (Wildman–Crippen LogP) is 2.41. The van der Waals surface area contributed by atoms with Gasteiger partial charge in [0.15, 0.2) is 0 Å². The smallest absolute Gasteiger partial charge is 0.270 e. The zero-order valence-corrected chi connectivity index (χ0v) is 12.2. The average molecular weight is 362 g/mol. The maximum atomic E-state index is 10.7. The molecule has 0 aromatic heterocycles. The van der Waals surface area contributed by atoms with Gasteiger partial charge in [0.05, 0.1) is 16.7 Å². The van der Waals surface area contributed by atoms with Crippen LogP contribution < -0.4 is 4.90 Å². The highest BCUT2D eigenvalue weighted by atomic mass is 127. The first-order valence-electron chi connectivity index (χ1n) is 5.86. The van der Waals surface area contributed by atoms with Gasteiger partial charge in [0, 0.05) is 28.8 Å². The number of nitro groups is 1. The number of piperidine rings is 1. The van der Waals surface area contributed by atoms with Crippen LogP contribution in [0.2, 0.25) is 0 Å². The van der Waals surface area contributed by atoms with Gasteiger partial charge in [-0.25, -0.2) is 0 Å². The highest BCUT2D eigenvalue weighted by Gasteiger charge is 2.25. The molecule has 1 saturated heterocycles. The van der Waals surface area contributed by atoms with Crippen LogP contribution >= 0.6 is 22.6 Å². The Labute approximate surface area is 119 Å². The van der Waals surface area contributed by atoms with Crippen molar-refractivity contribution >= 4 is 34.0 Å². The number of nitro benzene ring substituents is 1. The van der Waals surface area contributed by atoms with Crippen LogP contribution in [0.25, 0.3) is 0 Å². The number of benzene rings is 1. The van der Waals surface area contributed by atoms with E-state index in [0.29, 0.717) is 12.5 Å². The minimum atomic E-state index is -0.390. The van der Waals surface area contributed by atoms with Gasteiger partial charge in [0.2, 0.25) is 0 Å². The molecule has 18 heavy (non-hydrogen) atoms. The van der Waals surface area contributed by atoms with Crippen molar-refractivity contribution in [3.05, 3.63) is 31.9 Å². The van der Waals surface area contributed by atoms with Crippen molar-refractivity contribution < 1.29 is 10.0 Å². The Kier molecular flexibility index (Phi) is 4.06. The van der Waals surface area contributed by atoms with E-state index >= 15 is 0 Å². The van der Waals surface area contributed by atoms with Gasteiger partial charge in [-0.3, -0.25) is 10.1 Å². The number of rotatable bonds is 2. The van der Waals surface area contributed by atoms with Gasteiger partial charge in [0.25, 0.3) is 5.69 Å². The Balaban J connectivity index is 2.21. The summed E-state index contributed by atoms with van der Waals surface area (Å²) >= 11 is 2.11. The highest BCUT2D eigenvalue weighted by molar-refractivity contribution is 14.1. The second-order valence-corrected chi connectivity index (χ2v) is 5.83. The first-order chi connectivity index (χ1) is 8.49. The molecular weight excluding hydrogens is 347 g/mol. The second-order valence-electron chi connectivity index (χ2n) is 4.67. The molecule has 1 aliphatic rings. The van der Waals surface area contributed by atoms with Crippen LogP contribution in [0, 0.1) is 19.6 Å². The number of hydrogen-bond donors (Lipinski definition) is 1. The van der Waals surface area contributed by atoms with Crippen LogP contribution in [0.5, 0.6) is 0 Å². The second kappa shape index (κ2) is 5.40. The van der Waals surface area contributed by atoms with Crippen LogP contribution in [0.4, 0.5) is 11.4 Å². The summed E-state index contributed by atoms with van der Waals surface area (Å²) in [6, 6.07) is 4.85. The molecule has 0 bridgehead atoms. The molecular formula is C12H15IN2O3. The van der Waals surface area contributed by atoms with Gasteiger partial charge in [-0.15, -0.1) is 0 Å². The molecule has 0 spiro atoms. The molecule has 1 aliphatic heterocycles. The Morgan fingerprint density at radius 2 is 2.28 bits per heavy atom. The Morgan fingerprint density at radius 3 is 2.83 bits per heavy atom. The molecule has 1 fully saturated rings. The van der Waals surface area contributed by atoms with E-state index in [-0.39, 0.29) is 16.7 Å². The van der Waals surface area contributed by atoms with E-state index in [1.807, 2.05) is 6.92 Å². The quantitative estimate of drug-likeness (QED) is 0.499. The molecule has 2 atom stereocenters. The summed E-state index contributed by atoms with van der Waals surface area (Å²) in [7, 11) is 0. The van der Waals surface area contributed by atoms with Crippen molar-refractivity contribution in [2.24, 2.45) is 5.92 Å². The van der Waals surface area contributed by atoms with Crippen molar-refractivity contribution in [2.75, 3.05) is 18.0 Å². The maximum Gasteiger partial charge on any atom is 0.270 e. The lowest BCUT2D eigenvalue weighted by Crippen LogP contribution is -2.43. The predicted molar refractivity (Wildman–Crippen MR) is 77.8 cm³/mol. The van der Waals surface area contributed by atoms with E-state index in [0.717, 1.165) is 22.2 Å². The molecule has 2 rings (SSSR count). The van der Waals surface area contributed by atoms with E-state index in [4.69, 9.17) is 0 Å².